The summed E-state index contributed by atoms with van der Waals surface area (Å²) in [4.78, 5) is 15.3. The van der Waals surface area contributed by atoms with Crippen LogP contribution in [-0.4, -0.2) is 25.0 Å². The average molecular weight is 422 g/mol. The number of methoxy groups -OCH3 is 1. The zero-order valence-corrected chi connectivity index (χ0v) is 16.6. The van der Waals surface area contributed by atoms with Gasteiger partial charge in [-0.3, -0.25) is 9.69 Å². The number of benzene rings is 2. The lowest BCUT2D eigenvalue weighted by molar-refractivity contribution is -0.116. The van der Waals surface area contributed by atoms with Gasteiger partial charge in [0.25, 0.3) is 0 Å². The van der Waals surface area contributed by atoms with Crippen molar-refractivity contribution in [3.63, 3.8) is 0 Å². The summed E-state index contributed by atoms with van der Waals surface area (Å²) in [5, 5.41) is 0.728. The average Bonchev–Trinajstić information content (AvgIpc) is 3.01. The number of carbonyl (C=O) groups is 1. The highest BCUT2D eigenvalue weighted by Gasteiger charge is 2.35. The summed E-state index contributed by atoms with van der Waals surface area (Å²) in [5.41, 5.74) is 1.89. The smallest absolute Gasteiger partial charge is 0.225 e. The van der Waals surface area contributed by atoms with E-state index in [1.54, 1.807) is 25.8 Å². The second-order valence-corrected chi connectivity index (χ2v) is 7.54. The van der Waals surface area contributed by atoms with Crippen LogP contribution in [0.3, 0.4) is 0 Å². The van der Waals surface area contributed by atoms with Crippen LogP contribution in [0.15, 0.2) is 47.4 Å². The molecule has 1 amide bonds. The zero-order chi connectivity index (χ0) is 17.8. The van der Waals surface area contributed by atoms with E-state index in [2.05, 4.69) is 15.9 Å². The van der Waals surface area contributed by atoms with Crippen LogP contribution >= 0.6 is 27.7 Å². The third kappa shape index (κ3) is 3.80. The van der Waals surface area contributed by atoms with Gasteiger partial charge in [-0.15, -0.1) is 0 Å². The number of amides is 1. The third-order valence-electron chi connectivity index (χ3n) is 3.96. The Labute approximate surface area is 160 Å². The van der Waals surface area contributed by atoms with Gasteiger partial charge in [-0.1, -0.05) is 39.8 Å². The molecule has 1 atom stereocenters. The molecule has 4 nitrogen and oxygen atoms in total. The molecule has 0 radical (unpaired) electrons. The number of rotatable bonds is 6. The first-order chi connectivity index (χ1) is 12.2. The van der Waals surface area contributed by atoms with Crippen molar-refractivity contribution in [2.75, 3.05) is 23.9 Å². The molecule has 0 fully saturated rings. The molecule has 1 aliphatic heterocycles. The molecule has 0 spiro atoms. The molecule has 0 aromatic heterocycles. The number of thioether (sulfide) groups is 1. The van der Waals surface area contributed by atoms with Gasteiger partial charge in [-0.25, -0.2) is 0 Å². The van der Waals surface area contributed by atoms with Crippen molar-refractivity contribution in [1.29, 1.82) is 0 Å². The number of alkyl halides is 1. The first-order valence-corrected chi connectivity index (χ1v) is 10.1. The fourth-order valence-electron chi connectivity index (χ4n) is 2.81. The zero-order valence-electron chi connectivity index (χ0n) is 14.2. The van der Waals surface area contributed by atoms with Crippen LogP contribution < -0.4 is 14.4 Å². The van der Waals surface area contributed by atoms with E-state index in [9.17, 15) is 4.79 Å². The van der Waals surface area contributed by atoms with E-state index < -0.39 is 0 Å². The minimum absolute atomic E-state index is 0.0108. The van der Waals surface area contributed by atoms with Gasteiger partial charge in [0.1, 0.15) is 16.9 Å². The topological polar surface area (TPSA) is 38.8 Å². The maximum Gasteiger partial charge on any atom is 0.225 e. The molecule has 0 N–H and O–H groups in total. The minimum atomic E-state index is -0.163. The maximum atomic E-state index is 12.4. The summed E-state index contributed by atoms with van der Waals surface area (Å²) in [7, 11) is 1.64. The van der Waals surface area contributed by atoms with E-state index in [4.69, 9.17) is 9.47 Å². The predicted molar refractivity (Wildman–Crippen MR) is 105 cm³/mol. The van der Waals surface area contributed by atoms with Gasteiger partial charge < -0.3 is 9.47 Å². The molecule has 1 unspecified atom stereocenters. The molecule has 2 aromatic carbocycles. The summed E-state index contributed by atoms with van der Waals surface area (Å²) in [6.07, 6.45) is 0.917. The molecule has 0 saturated heterocycles. The highest BCUT2D eigenvalue weighted by Crippen LogP contribution is 2.53. The number of halogens is 1. The fraction of sp³-hybridized carbons (Fsp3) is 0.316. The summed E-state index contributed by atoms with van der Waals surface area (Å²) in [5.74, 6) is 1.55. The van der Waals surface area contributed by atoms with E-state index in [1.165, 1.54) is 0 Å². The molecule has 2 aromatic rings. The standard InChI is InChI=1S/C19H20BrNO3S/c1-13(22)21-16-6-3-4-7-18(16)25-19(21)15-12-14(23-2)8-9-17(15)24-11-5-10-20/h3-4,6-9,12,19H,5,10-11H2,1-2H3. The van der Waals surface area contributed by atoms with Crippen LogP contribution in [0.5, 0.6) is 11.5 Å². The quantitative estimate of drug-likeness (QED) is 0.484. The van der Waals surface area contributed by atoms with Crippen molar-refractivity contribution in [3.8, 4) is 11.5 Å². The number of anilines is 1. The number of ether oxygens (including phenoxy) is 2. The van der Waals surface area contributed by atoms with Crippen LogP contribution in [0.4, 0.5) is 5.69 Å². The summed E-state index contributed by atoms with van der Waals surface area (Å²) in [6.45, 7) is 2.22. The monoisotopic (exact) mass is 421 g/mol. The molecule has 0 aliphatic carbocycles. The molecule has 25 heavy (non-hydrogen) atoms. The lowest BCUT2D eigenvalue weighted by atomic mass is 10.1. The Balaban J connectivity index is 2.00. The number of hydrogen-bond donors (Lipinski definition) is 0. The van der Waals surface area contributed by atoms with Gasteiger partial charge >= 0.3 is 0 Å². The lowest BCUT2D eigenvalue weighted by Crippen LogP contribution is -2.28. The van der Waals surface area contributed by atoms with Gasteiger partial charge in [0.2, 0.25) is 5.91 Å². The third-order valence-corrected chi connectivity index (χ3v) is 5.80. The first-order valence-electron chi connectivity index (χ1n) is 8.08. The van der Waals surface area contributed by atoms with E-state index in [1.807, 2.05) is 47.4 Å². The van der Waals surface area contributed by atoms with Gasteiger partial charge in [0.15, 0.2) is 0 Å². The van der Waals surface area contributed by atoms with Gasteiger partial charge in [-0.05, 0) is 36.8 Å². The van der Waals surface area contributed by atoms with Gasteiger partial charge in [0, 0.05) is 22.7 Å². The molecular weight excluding hydrogens is 402 g/mol. The van der Waals surface area contributed by atoms with Crippen molar-refractivity contribution >= 4 is 39.3 Å². The fourth-order valence-corrected chi connectivity index (χ4v) is 4.40. The highest BCUT2D eigenvalue weighted by molar-refractivity contribution is 9.09. The second kappa shape index (κ2) is 8.15. The lowest BCUT2D eigenvalue weighted by Gasteiger charge is -2.25. The highest BCUT2D eigenvalue weighted by atomic mass is 79.9. The number of nitrogens with zero attached hydrogens (tertiary/aromatic N) is 1. The van der Waals surface area contributed by atoms with E-state index in [-0.39, 0.29) is 11.3 Å². The number of carbonyl (C=O) groups excluding carboxylic acids is 1. The van der Waals surface area contributed by atoms with Crippen LogP contribution in [0.2, 0.25) is 0 Å². The van der Waals surface area contributed by atoms with E-state index in [0.717, 1.165) is 39.4 Å². The largest absolute Gasteiger partial charge is 0.497 e. The number of para-hydroxylation sites is 1. The minimum Gasteiger partial charge on any atom is -0.497 e. The number of hydrogen-bond acceptors (Lipinski definition) is 4. The Hall–Kier alpha value is -1.66. The predicted octanol–water partition coefficient (Wildman–Crippen LogP) is 5.02. The maximum absolute atomic E-state index is 12.4. The molecule has 3 rings (SSSR count). The van der Waals surface area contributed by atoms with Crippen molar-refractivity contribution in [2.24, 2.45) is 0 Å². The summed E-state index contributed by atoms with van der Waals surface area (Å²) >= 11 is 5.08. The van der Waals surface area contributed by atoms with E-state index >= 15 is 0 Å². The Bertz CT molecular complexity index is 768. The Kier molecular flexibility index (Phi) is 5.91. The molecule has 0 bridgehead atoms. The molecule has 1 aliphatic rings. The Morgan fingerprint density at radius 3 is 2.80 bits per heavy atom. The van der Waals surface area contributed by atoms with Crippen LogP contribution in [-0.2, 0) is 4.79 Å². The Morgan fingerprint density at radius 1 is 1.28 bits per heavy atom. The summed E-state index contributed by atoms with van der Waals surface area (Å²) < 4.78 is 11.4. The second-order valence-electron chi connectivity index (χ2n) is 5.62. The van der Waals surface area contributed by atoms with Crippen molar-refractivity contribution in [1.82, 2.24) is 0 Å². The van der Waals surface area contributed by atoms with E-state index in [0.29, 0.717) is 6.61 Å². The van der Waals surface area contributed by atoms with Crippen LogP contribution in [0.25, 0.3) is 0 Å². The van der Waals surface area contributed by atoms with Crippen LogP contribution in [0.1, 0.15) is 24.3 Å². The molecule has 6 heteroatoms. The van der Waals surface area contributed by atoms with Gasteiger partial charge in [0.05, 0.1) is 19.4 Å². The number of fused-ring (bicyclic) bond motifs is 1. The molecule has 132 valence electrons. The van der Waals surface area contributed by atoms with Gasteiger partial charge in [-0.2, -0.15) is 0 Å². The Morgan fingerprint density at radius 2 is 2.08 bits per heavy atom. The first kappa shape index (κ1) is 18.1. The molecule has 1 heterocycles. The van der Waals surface area contributed by atoms with Crippen molar-refractivity contribution in [3.05, 3.63) is 48.0 Å². The summed E-state index contributed by atoms with van der Waals surface area (Å²) in [6, 6.07) is 13.7. The SMILES string of the molecule is COc1ccc(OCCCBr)c(C2Sc3ccccc3N2C(C)=O)c1. The van der Waals surface area contributed by atoms with Crippen molar-refractivity contribution in [2.45, 2.75) is 23.6 Å². The normalized spacial score (nSPS) is 15.8. The molecule has 0 saturated carbocycles. The van der Waals surface area contributed by atoms with Crippen molar-refractivity contribution < 1.29 is 14.3 Å². The molecular formula is C19H20BrNO3S. The van der Waals surface area contributed by atoms with Crippen LogP contribution in [0, 0.1) is 0 Å².